The molecule has 1 aliphatic heterocycles. The summed E-state index contributed by atoms with van der Waals surface area (Å²) in [4.78, 5) is 16.6. The molecule has 0 atom stereocenters. The molecular weight excluding hydrogens is 468 g/mol. The minimum Gasteiger partial charge on any atom is -0.351 e. The molecule has 0 aliphatic carbocycles. The Morgan fingerprint density at radius 3 is 2.45 bits per heavy atom. The summed E-state index contributed by atoms with van der Waals surface area (Å²) >= 11 is 12.7. The van der Waals surface area contributed by atoms with Gasteiger partial charge in [0.05, 0.1) is 44.3 Å². The Bertz CT molecular complexity index is 1340. The third kappa shape index (κ3) is 4.08. The molecule has 0 saturated carbocycles. The highest BCUT2D eigenvalue weighted by Crippen LogP contribution is 2.38. The summed E-state index contributed by atoms with van der Waals surface area (Å²) in [7, 11) is -2.28. The summed E-state index contributed by atoms with van der Waals surface area (Å²) in [6.45, 7) is 0.823. The first kappa shape index (κ1) is 21.8. The second-order valence-electron chi connectivity index (χ2n) is 7.10. The molecule has 1 fully saturated rings. The lowest BCUT2D eigenvalue weighted by molar-refractivity contribution is 0.482. The van der Waals surface area contributed by atoms with Gasteiger partial charge in [-0.3, -0.25) is 9.52 Å². The average molecular weight is 486 g/mol. The lowest BCUT2D eigenvalue weighted by Crippen LogP contribution is -2.33. The minimum atomic E-state index is -3.82. The van der Waals surface area contributed by atoms with Gasteiger partial charge in [0.15, 0.2) is 0 Å². The van der Waals surface area contributed by atoms with Crippen molar-refractivity contribution in [1.82, 2.24) is 13.9 Å². The van der Waals surface area contributed by atoms with Gasteiger partial charge in [-0.1, -0.05) is 23.2 Å². The molecule has 0 spiro atoms. The van der Waals surface area contributed by atoms with Crippen molar-refractivity contribution in [3.63, 3.8) is 0 Å². The fourth-order valence-electron chi connectivity index (χ4n) is 3.36. The number of rotatable bonds is 5. The van der Waals surface area contributed by atoms with E-state index in [1.54, 1.807) is 6.07 Å². The number of aryl methyl sites for hydroxylation is 1. The zero-order valence-corrected chi connectivity index (χ0v) is 18.7. The van der Waals surface area contributed by atoms with Gasteiger partial charge >= 0.3 is 10.2 Å². The molecule has 12 heteroatoms. The van der Waals surface area contributed by atoms with E-state index in [4.69, 9.17) is 23.2 Å². The zero-order chi connectivity index (χ0) is 22.3. The molecule has 31 heavy (non-hydrogen) atoms. The number of hydrogen-bond donors (Lipinski definition) is 2. The van der Waals surface area contributed by atoms with E-state index < -0.39 is 16.0 Å². The van der Waals surface area contributed by atoms with Gasteiger partial charge in [0.1, 0.15) is 5.82 Å². The number of nitrogens with one attached hydrogen (secondary N) is 2. The maximum absolute atomic E-state index is 14.6. The van der Waals surface area contributed by atoms with Gasteiger partial charge < -0.3 is 9.88 Å². The summed E-state index contributed by atoms with van der Waals surface area (Å²) in [5, 5.41) is 2.82. The molecule has 1 saturated heterocycles. The predicted molar refractivity (Wildman–Crippen MR) is 120 cm³/mol. The quantitative estimate of drug-likeness (QED) is 0.571. The van der Waals surface area contributed by atoms with Crippen LogP contribution in [0.5, 0.6) is 0 Å². The Labute approximate surface area is 187 Å². The van der Waals surface area contributed by atoms with Crippen molar-refractivity contribution < 1.29 is 12.8 Å². The first-order valence-corrected chi connectivity index (χ1v) is 11.6. The largest absolute Gasteiger partial charge is 0.351 e. The highest BCUT2D eigenvalue weighted by atomic mass is 35.5. The molecule has 0 unspecified atom stereocenters. The van der Waals surface area contributed by atoms with Crippen molar-refractivity contribution in [2.24, 2.45) is 7.05 Å². The van der Waals surface area contributed by atoms with E-state index in [0.717, 1.165) is 18.9 Å². The van der Waals surface area contributed by atoms with Crippen molar-refractivity contribution in [1.29, 1.82) is 0 Å². The summed E-state index contributed by atoms with van der Waals surface area (Å²) in [5.74, 6) is -0.718. The van der Waals surface area contributed by atoms with E-state index in [-0.39, 0.29) is 38.1 Å². The fourth-order valence-corrected chi connectivity index (χ4v) is 5.27. The molecule has 2 aromatic carbocycles. The molecule has 0 amide bonds. The third-order valence-corrected chi connectivity index (χ3v) is 7.33. The van der Waals surface area contributed by atoms with Gasteiger partial charge in [0.25, 0.3) is 5.56 Å². The molecule has 1 aromatic heterocycles. The minimum absolute atomic E-state index is 0.0203. The van der Waals surface area contributed by atoms with Crippen LogP contribution >= 0.6 is 23.2 Å². The zero-order valence-electron chi connectivity index (χ0n) is 16.3. The summed E-state index contributed by atoms with van der Waals surface area (Å²) in [5.41, 5.74) is 0.0894. The Hall–Kier alpha value is -2.40. The summed E-state index contributed by atoms with van der Waals surface area (Å²) < 4.78 is 44.7. The third-order valence-electron chi connectivity index (χ3n) is 5.02. The molecule has 2 N–H and O–H groups in total. The van der Waals surface area contributed by atoms with Crippen molar-refractivity contribution in [3.8, 4) is 0 Å². The molecule has 3 aromatic rings. The van der Waals surface area contributed by atoms with Gasteiger partial charge in [0, 0.05) is 20.1 Å². The lowest BCUT2D eigenvalue weighted by Gasteiger charge is -2.19. The van der Waals surface area contributed by atoms with E-state index in [9.17, 15) is 17.6 Å². The Kier molecular flexibility index (Phi) is 5.82. The first-order valence-electron chi connectivity index (χ1n) is 9.36. The van der Waals surface area contributed by atoms with Crippen molar-refractivity contribution >= 4 is 61.4 Å². The molecule has 0 radical (unpaired) electrons. The van der Waals surface area contributed by atoms with Crippen LogP contribution in [0, 0.1) is 5.82 Å². The maximum Gasteiger partial charge on any atom is 0.301 e. The molecule has 2 heterocycles. The standard InChI is InChI=1S/C19H18Cl2FN5O3S/c1-26-10-23-12-6-7-13(16(20)15(12)19(26)28)24-18-11(22)4-5-14(17(18)21)25-31(29,30)27-8-2-3-9-27/h4-7,10,24-25H,2-3,8-9H2,1H3. The van der Waals surface area contributed by atoms with Crippen LogP contribution in [-0.2, 0) is 17.3 Å². The number of aromatic nitrogens is 2. The van der Waals surface area contributed by atoms with Crippen molar-refractivity contribution in [2.45, 2.75) is 12.8 Å². The number of benzene rings is 2. The second kappa shape index (κ2) is 8.27. The van der Waals surface area contributed by atoms with Crippen LogP contribution in [0.1, 0.15) is 12.8 Å². The predicted octanol–water partition coefficient (Wildman–Crippen LogP) is 3.88. The molecule has 0 bridgehead atoms. The van der Waals surface area contributed by atoms with Gasteiger partial charge in [-0.2, -0.15) is 12.7 Å². The normalized spacial score (nSPS) is 14.8. The van der Waals surface area contributed by atoms with E-state index in [1.807, 2.05) is 0 Å². The average Bonchev–Trinajstić information content (AvgIpc) is 3.27. The van der Waals surface area contributed by atoms with Gasteiger partial charge in [-0.15, -0.1) is 0 Å². The van der Waals surface area contributed by atoms with Crippen LogP contribution < -0.4 is 15.6 Å². The van der Waals surface area contributed by atoms with Gasteiger partial charge in [0.2, 0.25) is 0 Å². The number of nitrogens with zero attached hydrogens (tertiary/aromatic N) is 3. The summed E-state index contributed by atoms with van der Waals surface area (Å²) in [6.07, 6.45) is 2.93. The topological polar surface area (TPSA) is 96.3 Å². The number of hydrogen-bond acceptors (Lipinski definition) is 5. The van der Waals surface area contributed by atoms with Crippen LogP contribution in [0.4, 0.5) is 21.5 Å². The molecule has 4 rings (SSSR count). The van der Waals surface area contributed by atoms with Gasteiger partial charge in [-0.25, -0.2) is 9.37 Å². The second-order valence-corrected chi connectivity index (χ2v) is 9.53. The molecule has 8 nitrogen and oxygen atoms in total. The van der Waals surface area contributed by atoms with Crippen molar-refractivity contribution in [3.05, 3.63) is 56.8 Å². The van der Waals surface area contributed by atoms with Crippen molar-refractivity contribution in [2.75, 3.05) is 23.1 Å². The fraction of sp³-hybridized carbons (Fsp3) is 0.263. The molecule has 1 aliphatic rings. The Morgan fingerprint density at radius 1 is 1.06 bits per heavy atom. The number of anilines is 3. The summed E-state index contributed by atoms with van der Waals surface area (Å²) in [6, 6.07) is 5.44. The van der Waals surface area contributed by atoms with E-state index >= 15 is 0 Å². The van der Waals surface area contributed by atoms with Crippen LogP contribution in [0.2, 0.25) is 10.0 Å². The lowest BCUT2D eigenvalue weighted by atomic mass is 10.2. The smallest absolute Gasteiger partial charge is 0.301 e. The SMILES string of the molecule is Cn1cnc2ccc(Nc3c(F)ccc(NS(=O)(=O)N4CCCC4)c3Cl)c(Cl)c2c1=O. The molecule has 164 valence electrons. The molecular formula is C19H18Cl2FN5O3S. The first-order chi connectivity index (χ1) is 14.7. The van der Waals surface area contributed by atoms with Crippen LogP contribution in [0.25, 0.3) is 10.9 Å². The van der Waals surface area contributed by atoms with E-state index in [0.29, 0.717) is 18.6 Å². The monoisotopic (exact) mass is 485 g/mol. The van der Waals surface area contributed by atoms with Crippen LogP contribution in [-0.4, -0.2) is 35.4 Å². The van der Waals surface area contributed by atoms with Crippen LogP contribution in [0.15, 0.2) is 35.4 Å². The van der Waals surface area contributed by atoms with Crippen LogP contribution in [0.3, 0.4) is 0 Å². The number of halogens is 3. The maximum atomic E-state index is 14.6. The Morgan fingerprint density at radius 2 is 1.74 bits per heavy atom. The highest BCUT2D eigenvalue weighted by Gasteiger charge is 2.27. The Balaban J connectivity index is 1.73. The van der Waals surface area contributed by atoms with E-state index in [1.165, 1.54) is 34.4 Å². The number of fused-ring (bicyclic) bond motifs is 1. The van der Waals surface area contributed by atoms with Gasteiger partial charge in [-0.05, 0) is 37.1 Å². The van der Waals surface area contributed by atoms with E-state index in [2.05, 4.69) is 15.0 Å². The highest BCUT2D eigenvalue weighted by molar-refractivity contribution is 7.90.